The van der Waals surface area contributed by atoms with Gasteiger partial charge in [0.25, 0.3) is 0 Å². The van der Waals surface area contributed by atoms with Gasteiger partial charge >= 0.3 is 5.97 Å². The molecule has 0 amide bonds. The van der Waals surface area contributed by atoms with Gasteiger partial charge in [0.15, 0.2) is 5.76 Å². The Labute approximate surface area is 131 Å². The van der Waals surface area contributed by atoms with Gasteiger partial charge in [-0.15, -0.1) is 0 Å². The van der Waals surface area contributed by atoms with E-state index in [1.54, 1.807) is 41.5 Å². The molecule has 0 saturated carbocycles. The zero-order valence-electron chi connectivity index (χ0n) is 13.9. The highest BCUT2D eigenvalue weighted by Crippen LogP contribution is 2.19. The van der Waals surface area contributed by atoms with Crippen LogP contribution >= 0.6 is 0 Å². The molecule has 126 valence electrons. The topological polar surface area (TPSA) is 98.5 Å². The summed E-state index contributed by atoms with van der Waals surface area (Å²) in [6.07, 6.45) is 0.486. The van der Waals surface area contributed by atoms with Gasteiger partial charge in [-0.05, 0) is 48.0 Å². The van der Waals surface area contributed by atoms with Crippen LogP contribution in [0.3, 0.4) is 0 Å². The third-order valence-corrected chi connectivity index (χ3v) is 4.63. The summed E-state index contributed by atoms with van der Waals surface area (Å²) >= 11 is 0. The molecule has 0 unspecified atom stereocenters. The summed E-state index contributed by atoms with van der Waals surface area (Å²) in [6, 6.07) is -0.411. The Morgan fingerprint density at radius 1 is 1.36 bits per heavy atom. The number of sulfonamides is 1. The lowest BCUT2D eigenvalue weighted by molar-refractivity contribution is -0.155. The average Bonchev–Trinajstić information content (AvgIpc) is 2.64. The van der Waals surface area contributed by atoms with E-state index >= 15 is 0 Å². The van der Waals surface area contributed by atoms with E-state index in [1.165, 1.54) is 0 Å². The highest BCUT2D eigenvalue weighted by Gasteiger charge is 2.26. The van der Waals surface area contributed by atoms with Crippen LogP contribution in [0.4, 0.5) is 0 Å². The largest absolute Gasteiger partial charge is 0.460 e. The van der Waals surface area contributed by atoms with E-state index in [0.717, 1.165) is 0 Å². The van der Waals surface area contributed by atoms with Gasteiger partial charge in [0.2, 0.25) is 10.0 Å². The lowest BCUT2D eigenvalue weighted by Gasteiger charge is -2.20. The summed E-state index contributed by atoms with van der Waals surface area (Å²) in [6.45, 7) is 10.2. The molecular weight excluding hydrogens is 308 g/mol. The average molecular weight is 332 g/mol. The summed E-state index contributed by atoms with van der Waals surface area (Å²) in [4.78, 5) is 11.7. The number of hydrogen-bond donors (Lipinski definition) is 1. The van der Waals surface area contributed by atoms with Crippen molar-refractivity contribution in [3.05, 3.63) is 11.5 Å². The van der Waals surface area contributed by atoms with Gasteiger partial charge in [-0.3, -0.25) is 4.79 Å². The molecular formula is C14H24N2O5S. The first-order chi connectivity index (χ1) is 9.92. The number of rotatable bonds is 6. The maximum Gasteiger partial charge on any atom is 0.306 e. The van der Waals surface area contributed by atoms with Crippen molar-refractivity contribution >= 4 is 16.0 Å². The van der Waals surface area contributed by atoms with Crippen molar-refractivity contribution in [3.8, 4) is 0 Å². The molecule has 8 heteroatoms. The van der Waals surface area contributed by atoms with Crippen molar-refractivity contribution in [2.45, 2.75) is 70.9 Å². The van der Waals surface area contributed by atoms with Crippen LogP contribution in [0.2, 0.25) is 0 Å². The van der Waals surface area contributed by atoms with E-state index in [1.807, 2.05) is 0 Å². The molecule has 0 bridgehead atoms. The molecule has 7 nitrogen and oxygen atoms in total. The monoisotopic (exact) mass is 332 g/mol. The molecule has 1 atom stereocenters. The molecule has 22 heavy (non-hydrogen) atoms. The Morgan fingerprint density at radius 2 is 1.95 bits per heavy atom. The Balaban J connectivity index is 2.62. The van der Waals surface area contributed by atoms with Crippen molar-refractivity contribution in [2.75, 3.05) is 0 Å². The standard InChI is InChI=1S/C14H24N2O5S/c1-9(7-8-12(17)20-14(4,5)6)16-22(18,19)13-10(2)15-21-11(13)3/h9,16H,7-8H2,1-6H3/t9-/m1/s1. The number of ether oxygens (including phenoxy) is 1. The van der Waals surface area contributed by atoms with Gasteiger partial charge in [0, 0.05) is 12.5 Å². The van der Waals surface area contributed by atoms with Crippen LogP contribution in [0.1, 0.15) is 52.0 Å². The normalized spacial score (nSPS) is 13.9. The number of carbonyl (C=O) groups is 1. The summed E-state index contributed by atoms with van der Waals surface area (Å²) in [5, 5.41) is 3.64. The summed E-state index contributed by atoms with van der Waals surface area (Å²) in [5.41, 5.74) is -0.236. The minimum atomic E-state index is -3.72. The van der Waals surface area contributed by atoms with Crippen LogP contribution in [0, 0.1) is 13.8 Å². The van der Waals surface area contributed by atoms with Crippen molar-refractivity contribution in [3.63, 3.8) is 0 Å². The molecule has 0 radical (unpaired) electrons. The Kier molecular flexibility index (Phi) is 5.75. The maximum absolute atomic E-state index is 12.3. The first-order valence-corrected chi connectivity index (χ1v) is 8.58. The molecule has 1 heterocycles. The number of hydrogen-bond acceptors (Lipinski definition) is 6. The fourth-order valence-electron chi connectivity index (χ4n) is 1.97. The van der Waals surface area contributed by atoms with Crippen molar-refractivity contribution in [1.82, 2.24) is 9.88 Å². The highest BCUT2D eigenvalue weighted by atomic mass is 32.2. The van der Waals surface area contributed by atoms with Crippen LogP contribution < -0.4 is 4.72 Å². The maximum atomic E-state index is 12.3. The zero-order valence-corrected chi connectivity index (χ0v) is 14.7. The fourth-order valence-corrected chi connectivity index (χ4v) is 3.58. The van der Waals surface area contributed by atoms with Gasteiger partial charge in [-0.1, -0.05) is 5.16 Å². The second-order valence-electron chi connectivity index (χ2n) is 6.30. The molecule has 0 aliphatic rings. The van der Waals surface area contributed by atoms with Gasteiger partial charge in [-0.25, -0.2) is 13.1 Å². The van der Waals surface area contributed by atoms with Crippen LogP contribution in [0.25, 0.3) is 0 Å². The summed E-state index contributed by atoms with van der Waals surface area (Å²) < 4.78 is 37.2. The number of esters is 1. The summed E-state index contributed by atoms with van der Waals surface area (Å²) in [7, 11) is -3.72. The zero-order chi connectivity index (χ0) is 17.1. The third-order valence-electron chi connectivity index (χ3n) is 2.79. The SMILES string of the molecule is Cc1noc(C)c1S(=O)(=O)N[C@H](C)CCC(=O)OC(C)(C)C. The minimum Gasteiger partial charge on any atom is -0.460 e. The molecule has 1 aromatic rings. The lowest BCUT2D eigenvalue weighted by atomic mass is 10.1. The van der Waals surface area contributed by atoms with E-state index in [4.69, 9.17) is 9.26 Å². The Morgan fingerprint density at radius 3 is 2.41 bits per heavy atom. The first kappa shape index (κ1) is 18.6. The first-order valence-electron chi connectivity index (χ1n) is 7.09. The van der Waals surface area contributed by atoms with E-state index in [9.17, 15) is 13.2 Å². The van der Waals surface area contributed by atoms with Gasteiger partial charge < -0.3 is 9.26 Å². The molecule has 0 aromatic carbocycles. The van der Waals surface area contributed by atoms with E-state index in [2.05, 4.69) is 9.88 Å². The van der Waals surface area contributed by atoms with Crippen molar-refractivity contribution in [2.24, 2.45) is 0 Å². The molecule has 0 spiro atoms. The van der Waals surface area contributed by atoms with E-state index in [0.29, 0.717) is 12.1 Å². The Hall–Kier alpha value is -1.41. The van der Waals surface area contributed by atoms with E-state index in [-0.39, 0.29) is 23.0 Å². The highest BCUT2D eigenvalue weighted by molar-refractivity contribution is 7.89. The molecule has 0 aliphatic carbocycles. The smallest absolute Gasteiger partial charge is 0.306 e. The number of nitrogens with zero attached hydrogens (tertiary/aromatic N) is 1. The fraction of sp³-hybridized carbons (Fsp3) is 0.714. The second-order valence-corrected chi connectivity index (χ2v) is 7.95. The number of aryl methyl sites for hydroxylation is 2. The number of carbonyl (C=O) groups excluding carboxylic acids is 1. The molecule has 1 aromatic heterocycles. The van der Waals surface area contributed by atoms with Crippen LogP contribution in [0.5, 0.6) is 0 Å². The summed E-state index contributed by atoms with van der Waals surface area (Å²) in [5.74, 6) is -0.111. The number of aromatic nitrogens is 1. The second kappa shape index (κ2) is 6.78. The van der Waals surface area contributed by atoms with Gasteiger partial charge in [-0.2, -0.15) is 0 Å². The minimum absolute atomic E-state index is 0.0524. The Bertz CT molecular complexity index is 609. The van der Waals surface area contributed by atoms with Crippen molar-refractivity contribution < 1.29 is 22.5 Å². The van der Waals surface area contributed by atoms with Gasteiger partial charge in [0.1, 0.15) is 16.2 Å². The lowest BCUT2D eigenvalue weighted by Crippen LogP contribution is -2.34. The van der Waals surface area contributed by atoms with Crippen LogP contribution in [-0.2, 0) is 19.6 Å². The third kappa shape index (κ3) is 5.42. The predicted octanol–water partition coefficient (Wildman–Crippen LogP) is 2.08. The van der Waals surface area contributed by atoms with Crippen LogP contribution in [-0.4, -0.2) is 31.2 Å². The quantitative estimate of drug-likeness (QED) is 0.801. The number of nitrogens with one attached hydrogen (secondary N) is 1. The predicted molar refractivity (Wildman–Crippen MR) is 80.8 cm³/mol. The molecule has 0 aliphatic heterocycles. The molecule has 0 saturated heterocycles. The molecule has 1 N–H and O–H groups in total. The van der Waals surface area contributed by atoms with Crippen LogP contribution in [0.15, 0.2) is 9.42 Å². The van der Waals surface area contributed by atoms with E-state index < -0.39 is 21.7 Å². The van der Waals surface area contributed by atoms with Crippen molar-refractivity contribution in [1.29, 1.82) is 0 Å². The van der Waals surface area contributed by atoms with Gasteiger partial charge in [0.05, 0.1) is 0 Å². The molecule has 0 fully saturated rings. The molecule has 1 rings (SSSR count).